The lowest BCUT2D eigenvalue weighted by molar-refractivity contribution is 0.0695. The Labute approximate surface area is 127 Å². The number of fused-ring (bicyclic) bond motifs is 1. The van der Waals surface area contributed by atoms with Crippen molar-refractivity contribution in [3.63, 3.8) is 0 Å². The molecule has 8 heteroatoms. The van der Waals surface area contributed by atoms with Gasteiger partial charge in [-0.1, -0.05) is 11.6 Å². The van der Waals surface area contributed by atoms with Gasteiger partial charge in [-0.15, -0.1) is 11.3 Å². The second-order valence-corrected chi connectivity index (χ2v) is 5.60. The number of aromatic nitrogens is 3. The molecule has 6 nitrogen and oxygen atoms in total. The standard InChI is InChI=1S/C13H8ClN3O3S/c1-6-2-8(14)16-12-10(6)11(18)7(13(19)20)4-17(12)9-3-15-5-21-9/h2-5H,1H3,(H,19,20). The van der Waals surface area contributed by atoms with Crippen LogP contribution >= 0.6 is 22.9 Å². The molecule has 3 rings (SSSR count). The summed E-state index contributed by atoms with van der Waals surface area (Å²) in [5, 5.41) is 10.4. The van der Waals surface area contributed by atoms with Crippen molar-refractivity contribution in [1.29, 1.82) is 0 Å². The van der Waals surface area contributed by atoms with Crippen LogP contribution in [-0.4, -0.2) is 25.6 Å². The number of halogens is 1. The van der Waals surface area contributed by atoms with Gasteiger partial charge in [0.2, 0.25) is 5.43 Å². The van der Waals surface area contributed by atoms with Crippen molar-refractivity contribution in [3.8, 4) is 5.00 Å². The summed E-state index contributed by atoms with van der Waals surface area (Å²) in [6, 6.07) is 1.54. The summed E-state index contributed by atoms with van der Waals surface area (Å²) in [4.78, 5) is 31.8. The van der Waals surface area contributed by atoms with Gasteiger partial charge in [0.25, 0.3) is 0 Å². The fraction of sp³-hybridized carbons (Fsp3) is 0.0769. The van der Waals surface area contributed by atoms with E-state index in [1.54, 1.807) is 18.6 Å². The number of carboxylic acid groups (broad SMARTS) is 1. The predicted molar refractivity (Wildman–Crippen MR) is 79.7 cm³/mol. The summed E-state index contributed by atoms with van der Waals surface area (Å²) >= 11 is 7.26. The Morgan fingerprint density at radius 1 is 1.48 bits per heavy atom. The van der Waals surface area contributed by atoms with Gasteiger partial charge in [-0.25, -0.2) is 9.78 Å². The van der Waals surface area contributed by atoms with Crippen LogP contribution in [0.2, 0.25) is 5.15 Å². The molecule has 0 saturated heterocycles. The first-order chi connectivity index (χ1) is 9.99. The molecule has 0 amide bonds. The molecule has 0 unspecified atom stereocenters. The molecule has 3 heterocycles. The molecule has 106 valence electrons. The maximum absolute atomic E-state index is 12.3. The third kappa shape index (κ3) is 2.20. The minimum Gasteiger partial charge on any atom is -0.477 e. The highest BCUT2D eigenvalue weighted by molar-refractivity contribution is 7.12. The van der Waals surface area contributed by atoms with E-state index in [0.29, 0.717) is 16.2 Å². The Kier molecular flexibility index (Phi) is 3.23. The maximum Gasteiger partial charge on any atom is 0.341 e. The lowest BCUT2D eigenvalue weighted by Gasteiger charge is -2.11. The first-order valence-electron chi connectivity index (χ1n) is 5.83. The quantitative estimate of drug-likeness (QED) is 0.733. The molecule has 0 atom stereocenters. The van der Waals surface area contributed by atoms with E-state index in [-0.39, 0.29) is 16.1 Å². The van der Waals surface area contributed by atoms with Crippen LogP contribution in [0.4, 0.5) is 0 Å². The Morgan fingerprint density at radius 3 is 2.86 bits per heavy atom. The SMILES string of the molecule is Cc1cc(Cl)nc2c1c(=O)c(C(=O)O)cn2-c1cncs1. The Morgan fingerprint density at radius 2 is 2.24 bits per heavy atom. The van der Waals surface area contributed by atoms with Crippen molar-refractivity contribution in [3.05, 3.63) is 50.5 Å². The molecular formula is C13H8ClN3O3S. The largest absolute Gasteiger partial charge is 0.477 e. The number of rotatable bonds is 2. The smallest absolute Gasteiger partial charge is 0.341 e. The fourth-order valence-electron chi connectivity index (χ4n) is 2.10. The topological polar surface area (TPSA) is 85.1 Å². The minimum atomic E-state index is -1.28. The summed E-state index contributed by atoms with van der Waals surface area (Å²) in [5.41, 5.74) is 1.62. The van der Waals surface area contributed by atoms with Crippen LogP contribution in [0.15, 0.2) is 28.8 Å². The highest BCUT2D eigenvalue weighted by atomic mass is 35.5. The number of thiazole rings is 1. The lowest BCUT2D eigenvalue weighted by atomic mass is 10.1. The van der Waals surface area contributed by atoms with E-state index in [9.17, 15) is 14.7 Å². The minimum absolute atomic E-state index is 0.237. The first-order valence-corrected chi connectivity index (χ1v) is 7.09. The van der Waals surface area contributed by atoms with E-state index in [2.05, 4.69) is 9.97 Å². The van der Waals surface area contributed by atoms with Gasteiger partial charge in [0.15, 0.2) is 5.65 Å². The molecule has 0 aliphatic heterocycles. The summed E-state index contributed by atoms with van der Waals surface area (Å²) < 4.78 is 1.52. The Balaban J connectivity index is 2.55. The zero-order chi connectivity index (χ0) is 15.1. The van der Waals surface area contributed by atoms with Crippen molar-refractivity contribution in [2.45, 2.75) is 6.92 Å². The van der Waals surface area contributed by atoms with Gasteiger partial charge < -0.3 is 5.11 Å². The van der Waals surface area contributed by atoms with Crippen molar-refractivity contribution in [2.75, 3.05) is 0 Å². The van der Waals surface area contributed by atoms with E-state index >= 15 is 0 Å². The van der Waals surface area contributed by atoms with Crippen LogP contribution < -0.4 is 5.43 Å². The molecule has 0 fully saturated rings. The van der Waals surface area contributed by atoms with Crippen molar-refractivity contribution >= 4 is 39.9 Å². The van der Waals surface area contributed by atoms with E-state index in [1.807, 2.05) is 0 Å². The number of aromatic carboxylic acids is 1. The average molecular weight is 322 g/mol. The molecule has 0 aromatic carbocycles. The fourth-order valence-corrected chi connectivity index (χ4v) is 2.95. The van der Waals surface area contributed by atoms with E-state index in [1.165, 1.54) is 28.2 Å². The molecular weight excluding hydrogens is 314 g/mol. The summed E-state index contributed by atoms with van der Waals surface area (Å²) in [5.74, 6) is -1.28. The van der Waals surface area contributed by atoms with Crippen LogP contribution in [0.25, 0.3) is 16.0 Å². The van der Waals surface area contributed by atoms with E-state index < -0.39 is 11.4 Å². The third-order valence-corrected chi connectivity index (χ3v) is 3.98. The van der Waals surface area contributed by atoms with Gasteiger partial charge in [-0.05, 0) is 18.6 Å². The van der Waals surface area contributed by atoms with E-state index in [0.717, 1.165) is 0 Å². The molecule has 3 aromatic rings. The molecule has 0 radical (unpaired) electrons. The second-order valence-electron chi connectivity index (χ2n) is 4.35. The van der Waals surface area contributed by atoms with Crippen LogP contribution in [0.5, 0.6) is 0 Å². The Bertz CT molecular complexity index is 919. The summed E-state index contributed by atoms with van der Waals surface area (Å²) in [6.07, 6.45) is 2.82. The number of hydrogen-bond donors (Lipinski definition) is 1. The highest BCUT2D eigenvalue weighted by Crippen LogP contribution is 2.23. The normalized spacial score (nSPS) is 11.0. The molecule has 3 aromatic heterocycles. The molecule has 0 saturated carbocycles. The molecule has 1 N–H and O–H groups in total. The lowest BCUT2D eigenvalue weighted by Crippen LogP contribution is -2.19. The van der Waals surface area contributed by atoms with Crippen molar-refractivity contribution in [2.24, 2.45) is 0 Å². The summed E-state index contributed by atoms with van der Waals surface area (Å²) in [7, 11) is 0. The number of carboxylic acids is 1. The third-order valence-electron chi connectivity index (χ3n) is 3.01. The average Bonchev–Trinajstić information content (AvgIpc) is 2.91. The highest BCUT2D eigenvalue weighted by Gasteiger charge is 2.18. The number of hydrogen-bond acceptors (Lipinski definition) is 5. The molecule has 0 aliphatic rings. The number of carbonyl (C=O) groups is 1. The number of pyridine rings is 2. The zero-order valence-corrected chi connectivity index (χ0v) is 12.3. The zero-order valence-electron chi connectivity index (χ0n) is 10.7. The van der Waals surface area contributed by atoms with Crippen molar-refractivity contribution < 1.29 is 9.90 Å². The summed E-state index contributed by atoms with van der Waals surface area (Å²) in [6.45, 7) is 1.69. The van der Waals surface area contributed by atoms with Gasteiger partial charge in [0, 0.05) is 6.20 Å². The van der Waals surface area contributed by atoms with E-state index in [4.69, 9.17) is 11.6 Å². The van der Waals surface area contributed by atoms with Crippen LogP contribution in [0.3, 0.4) is 0 Å². The number of nitrogens with zero attached hydrogens (tertiary/aromatic N) is 3. The van der Waals surface area contributed by atoms with Gasteiger partial charge in [0.1, 0.15) is 15.7 Å². The number of aryl methyl sites for hydroxylation is 1. The molecule has 0 bridgehead atoms. The molecule has 0 aliphatic carbocycles. The molecule has 0 spiro atoms. The maximum atomic E-state index is 12.3. The van der Waals surface area contributed by atoms with Crippen LogP contribution in [0, 0.1) is 6.92 Å². The van der Waals surface area contributed by atoms with Crippen LogP contribution in [0.1, 0.15) is 15.9 Å². The molecule has 21 heavy (non-hydrogen) atoms. The van der Waals surface area contributed by atoms with Crippen molar-refractivity contribution in [1.82, 2.24) is 14.5 Å². The predicted octanol–water partition coefficient (Wildman–Crippen LogP) is 2.50. The monoisotopic (exact) mass is 321 g/mol. The van der Waals surface area contributed by atoms with Gasteiger partial charge in [0.05, 0.1) is 17.1 Å². The van der Waals surface area contributed by atoms with Gasteiger partial charge >= 0.3 is 5.97 Å². The van der Waals surface area contributed by atoms with Gasteiger partial charge in [-0.2, -0.15) is 0 Å². The van der Waals surface area contributed by atoms with Crippen LogP contribution in [-0.2, 0) is 0 Å². The second kappa shape index (κ2) is 4.94. The van der Waals surface area contributed by atoms with Gasteiger partial charge in [-0.3, -0.25) is 14.3 Å². The first kappa shape index (κ1) is 13.7. The Hall–Kier alpha value is -2.25.